The van der Waals surface area contributed by atoms with Gasteiger partial charge in [-0.15, -0.1) is 0 Å². The molecule has 0 spiro atoms. The third-order valence-electron chi connectivity index (χ3n) is 15.0. The van der Waals surface area contributed by atoms with Gasteiger partial charge in [0.25, 0.3) is 0 Å². The van der Waals surface area contributed by atoms with Gasteiger partial charge in [-0.1, -0.05) is 226 Å². The Bertz CT molecular complexity index is 3860. The maximum atomic E-state index is 2.58. The molecule has 0 bridgehead atoms. The number of anilines is 3. The summed E-state index contributed by atoms with van der Waals surface area (Å²) in [5.41, 5.74) is 18.0. The Kier molecular flexibility index (Phi) is 10.7. The number of benzene rings is 11. The third-order valence-corrected chi connectivity index (χ3v) is 15.0. The summed E-state index contributed by atoms with van der Waals surface area (Å²) >= 11 is 0. The fraction of sp³-hybridized carbons (Fsp3) is 0.0882. The first-order valence-corrected chi connectivity index (χ1v) is 25.0. The van der Waals surface area contributed by atoms with Crippen molar-refractivity contribution in [3.63, 3.8) is 0 Å². The number of fused-ring (bicyclic) bond motifs is 5. The van der Waals surface area contributed by atoms with Crippen LogP contribution in [0, 0.1) is 0 Å². The normalized spacial score (nSPS) is 13.1. The van der Waals surface area contributed by atoms with E-state index in [1.807, 2.05) is 0 Å². The maximum Gasteiger partial charge on any atom is 0.0547 e. The highest BCUT2D eigenvalue weighted by atomic mass is 15.2. The summed E-state index contributed by atoms with van der Waals surface area (Å²) in [6, 6.07) is 92.3. The summed E-state index contributed by atoms with van der Waals surface area (Å²) in [4.78, 5) is 2.58. The second-order valence-corrected chi connectivity index (χ2v) is 18.9. The van der Waals surface area contributed by atoms with Crippen LogP contribution in [0.5, 0.6) is 0 Å². The van der Waals surface area contributed by atoms with Crippen LogP contribution in [0.25, 0.3) is 93.5 Å². The van der Waals surface area contributed by atoms with Crippen molar-refractivity contribution < 1.29 is 0 Å². The second-order valence-electron chi connectivity index (χ2n) is 18.9. The highest BCUT2D eigenvalue weighted by Crippen LogP contribution is 2.52. The molecule has 1 saturated carbocycles. The minimum Gasteiger partial charge on any atom is -0.309 e. The van der Waals surface area contributed by atoms with Gasteiger partial charge in [0.05, 0.1) is 28.1 Å². The molecule has 0 saturated heterocycles. The minimum atomic E-state index is 0.548. The fourth-order valence-electron chi connectivity index (χ4n) is 11.9. The van der Waals surface area contributed by atoms with Crippen molar-refractivity contribution in [1.82, 2.24) is 4.57 Å². The van der Waals surface area contributed by atoms with E-state index < -0.39 is 0 Å². The molecule has 1 fully saturated rings. The number of para-hydroxylation sites is 5. The summed E-state index contributed by atoms with van der Waals surface area (Å²) < 4.78 is 2.42. The summed E-state index contributed by atoms with van der Waals surface area (Å²) in [7, 11) is 0. The average molecular weight is 897 g/mol. The Morgan fingerprint density at radius 1 is 0.314 bits per heavy atom. The van der Waals surface area contributed by atoms with E-state index in [1.165, 1.54) is 120 Å². The van der Waals surface area contributed by atoms with Gasteiger partial charge < -0.3 is 9.47 Å². The number of rotatable bonds is 9. The van der Waals surface area contributed by atoms with Gasteiger partial charge in [-0.25, -0.2) is 0 Å². The Balaban J connectivity index is 1.11. The third kappa shape index (κ3) is 7.10. The van der Waals surface area contributed by atoms with Gasteiger partial charge >= 0.3 is 0 Å². The van der Waals surface area contributed by atoms with Gasteiger partial charge in [-0.3, -0.25) is 0 Å². The smallest absolute Gasteiger partial charge is 0.0547 e. The first-order chi connectivity index (χ1) is 34.8. The van der Waals surface area contributed by atoms with Crippen molar-refractivity contribution >= 4 is 60.4 Å². The molecule has 0 unspecified atom stereocenters. The lowest BCUT2D eigenvalue weighted by Gasteiger charge is -2.32. The monoisotopic (exact) mass is 896 g/mol. The topological polar surface area (TPSA) is 8.17 Å². The number of nitrogens with zero attached hydrogens (tertiary/aromatic N) is 2. The Labute approximate surface area is 410 Å². The number of hydrogen-bond donors (Lipinski definition) is 0. The van der Waals surface area contributed by atoms with Crippen LogP contribution in [-0.2, 0) is 0 Å². The summed E-state index contributed by atoms with van der Waals surface area (Å²) in [6.45, 7) is 0. The van der Waals surface area contributed by atoms with E-state index in [0.29, 0.717) is 5.92 Å². The average Bonchev–Trinajstić information content (AvgIpc) is 3.78. The quantitative estimate of drug-likeness (QED) is 0.140. The van der Waals surface area contributed by atoms with Gasteiger partial charge in [0.15, 0.2) is 0 Å². The van der Waals surface area contributed by atoms with Crippen LogP contribution in [-0.4, -0.2) is 4.57 Å². The summed E-state index contributed by atoms with van der Waals surface area (Å²) in [5.74, 6) is 0.548. The van der Waals surface area contributed by atoms with Crippen LogP contribution in [0.15, 0.2) is 249 Å². The van der Waals surface area contributed by atoms with Crippen LogP contribution < -0.4 is 4.90 Å². The Hall–Kier alpha value is -8.46. The van der Waals surface area contributed by atoms with Crippen molar-refractivity contribution in [3.8, 4) is 50.2 Å². The maximum absolute atomic E-state index is 2.58. The number of hydrogen-bond acceptors (Lipinski definition) is 1. The van der Waals surface area contributed by atoms with E-state index in [1.54, 1.807) is 0 Å². The molecule has 11 aromatic carbocycles. The molecule has 2 heteroatoms. The standard InChI is InChI=1S/C68H52N2/c1-4-23-47(24-5-1)52-37-18-27-49-29-20-39-57(66(49)52)54-33-10-14-42-61(54)70(62-43-15-11-34-55(62)58-40-21-30-50-28-19-38-53(67(50)58)48-25-6-2-7-26-48)63-44-16-12-35-56(63)59-41-22-46-65-68(59)60-36-13-17-45-64(60)69(65)51-31-8-3-9-32-51/h1,3-5,8-24,27-46,48H,2,6-7,25-26H2. The molecular weight excluding hydrogens is 845 g/mol. The van der Waals surface area contributed by atoms with Gasteiger partial charge in [-0.05, 0) is 116 Å². The Morgan fingerprint density at radius 3 is 1.39 bits per heavy atom. The van der Waals surface area contributed by atoms with E-state index in [0.717, 1.165) is 28.3 Å². The van der Waals surface area contributed by atoms with Crippen molar-refractivity contribution in [2.75, 3.05) is 4.90 Å². The molecule has 12 aromatic rings. The molecular formula is C68H52N2. The molecule has 0 N–H and O–H groups in total. The van der Waals surface area contributed by atoms with Crippen LogP contribution >= 0.6 is 0 Å². The second kappa shape index (κ2) is 17.9. The lowest BCUT2D eigenvalue weighted by Crippen LogP contribution is -2.14. The predicted molar refractivity (Wildman–Crippen MR) is 298 cm³/mol. The molecule has 334 valence electrons. The summed E-state index contributed by atoms with van der Waals surface area (Å²) in [5, 5.41) is 7.61. The molecule has 0 amide bonds. The molecule has 1 heterocycles. The molecule has 70 heavy (non-hydrogen) atoms. The van der Waals surface area contributed by atoms with Crippen molar-refractivity contribution in [2.24, 2.45) is 0 Å². The molecule has 0 atom stereocenters. The van der Waals surface area contributed by atoms with Gasteiger partial charge in [0, 0.05) is 33.2 Å². The van der Waals surface area contributed by atoms with E-state index in [9.17, 15) is 0 Å². The Morgan fingerprint density at radius 2 is 0.757 bits per heavy atom. The van der Waals surface area contributed by atoms with E-state index in [2.05, 4.69) is 258 Å². The van der Waals surface area contributed by atoms with Crippen LogP contribution in [0.1, 0.15) is 43.6 Å². The van der Waals surface area contributed by atoms with E-state index in [4.69, 9.17) is 0 Å². The first-order valence-electron chi connectivity index (χ1n) is 25.0. The highest BCUT2D eigenvalue weighted by Gasteiger charge is 2.27. The first kappa shape index (κ1) is 41.7. The number of aromatic nitrogens is 1. The zero-order chi connectivity index (χ0) is 46.4. The zero-order valence-electron chi connectivity index (χ0n) is 39.2. The minimum absolute atomic E-state index is 0.548. The summed E-state index contributed by atoms with van der Waals surface area (Å²) in [6.07, 6.45) is 6.39. The van der Waals surface area contributed by atoms with E-state index >= 15 is 0 Å². The molecule has 1 aliphatic carbocycles. The van der Waals surface area contributed by atoms with Crippen molar-refractivity contribution in [3.05, 3.63) is 254 Å². The van der Waals surface area contributed by atoms with Gasteiger partial charge in [-0.2, -0.15) is 0 Å². The van der Waals surface area contributed by atoms with Gasteiger partial charge in [0.1, 0.15) is 0 Å². The molecule has 1 aromatic heterocycles. The molecule has 0 radical (unpaired) electrons. The van der Waals surface area contributed by atoms with Gasteiger partial charge in [0.2, 0.25) is 0 Å². The molecule has 13 rings (SSSR count). The van der Waals surface area contributed by atoms with Crippen molar-refractivity contribution in [2.45, 2.75) is 38.0 Å². The van der Waals surface area contributed by atoms with Crippen LogP contribution in [0.4, 0.5) is 17.1 Å². The van der Waals surface area contributed by atoms with Crippen molar-refractivity contribution in [1.29, 1.82) is 0 Å². The molecule has 0 aliphatic heterocycles. The molecule has 1 aliphatic rings. The SMILES string of the molecule is c1ccc(-c2cccc3cccc(-c4ccccc4N(c4ccccc4-c4cccc5cccc(C6CCCCC6)c45)c4ccccc4-c4cccc5c4c4ccccc4n5-c4ccccc4)c23)cc1. The lowest BCUT2D eigenvalue weighted by atomic mass is 9.80. The largest absolute Gasteiger partial charge is 0.309 e. The zero-order valence-corrected chi connectivity index (χ0v) is 39.2. The highest BCUT2D eigenvalue weighted by molar-refractivity contribution is 6.18. The van der Waals surface area contributed by atoms with E-state index in [-0.39, 0.29) is 0 Å². The molecule has 2 nitrogen and oxygen atoms in total. The predicted octanol–water partition coefficient (Wildman–Crippen LogP) is 19.3. The van der Waals surface area contributed by atoms with Crippen LogP contribution in [0.3, 0.4) is 0 Å². The lowest BCUT2D eigenvalue weighted by molar-refractivity contribution is 0.445. The fourth-order valence-corrected chi connectivity index (χ4v) is 11.9. The van der Waals surface area contributed by atoms with Crippen LogP contribution in [0.2, 0.25) is 0 Å².